The normalized spacial score (nSPS) is 18.1. The standard InChI is InChI=1S/C51H79N9O11/c1-8-50(6,23-26-53-42(61)34-68-35-43(62)56-41(12-10-11-25-52)47(66)55-39-19-15-37(16-20-39)33-69-48(67)49(3,4)5)70-28-24-51(7,9-2)71-29-27-59-32-40(57-58-59)30-54-46(65)38-17-13-36(14-18-38)31-60-44(63)21-22-45(60)64/h15-16,19-22,32,36,38,41H,8-14,17-18,23-31,33-35,52H2,1-7H3,(H,53,61)(H,54,65)(H,55,66)(H,56,62). The van der Waals surface area contributed by atoms with Crippen LogP contribution in [-0.2, 0) is 72.2 Å². The molecule has 0 bridgehead atoms. The van der Waals surface area contributed by atoms with E-state index >= 15 is 0 Å². The number of carbonyl (C=O) groups excluding carboxylic acids is 7. The van der Waals surface area contributed by atoms with E-state index in [1.54, 1.807) is 55.9 Å². The Morgan fingerprint density at radius 2 is 1.48 bits per heavy atom. The molecule has 20 heteroatoms. The van der Waals surface area contributed by atoms with Crippen LogP contribution in [0.3, 0.4) is 0 Å². The van der Waals surface area contributed by atoms with E-state index < -0.39 is 41.1 Å². The van der Waals surface area contributed by atoms with Gasteiger partial charge < -0.3 is 45.9 Å². The van der Waals surface area contributed by atoms with Gasteiger partial charge in [0.25, 0.3) is 11.8 Å². The summed E-state index contributed by atoms with van der Waals surface area (Å²) in [6.07, 6.45) is 11.7. The lowest BCUT2D eigenvalue weighted by Crippen LogP contribution is -2.45. The minimum Gasteiger partial charge on any atom is -0.460 e. The molecule has 394 valence electrons. The number of ether oxygens (including phenoxy) is 4. The molecule has 1 aliphatic carbocycles. The Balaban J connectivity index is 1.09. The molecular formula is C51H79N9O11. The van der Waals surface area contributed by atoms with Gasteiger partial charge in [-0.1, -0.05) is 31.2 Å². The largest absolute Gasteiger partial charge is 0.460 e. The molecule has 71 heavy (non-hydrogen) atoms. The molecule has 1 aromatic carbocycles. The number of hydrogen-bond acceptors (Lipinski definition) is 14. The van der Waals surface area contributed by atoms with E-state index in [2.05, 4.69) is 38.5 Å². The summed E-state index contributed by atoms with van der Waals surface area (Å²) in [6, 6.07) is 6.04. The Kier molecular flexibility index (Phi) is 23.3. The molecule has 1 saturated carbocycles. The van der Waals surface area contributed by atoms with Crippen molar-refractivity contribution in [2.45, 2.75) is 156 Å². The van der Waals surface area contributed by atoms with Crippen molar-refractivity contribution < 1.29 is 52.5 Å². The molecule has 20 nitrogen and oxygen atoms in total. The second-order valence-corrected chi connectivity index (χ2v) is 20.1. The maximum atomic E-state index is 13.2. The topological polar surface area (TPSA) is 264 Å². The van der Waals surface area contributed by atoms with Crippen LogP contribution in [0, 0.1) is 17.3 Å². The smallest absolute Gasteiger partial charge is 0.311 e. The van der Waals surface area contributed by atoms with Gasteiger partial charge in [-0.05, 0) is 135 Å². The summed E-state index contributed by atoms with van der Waals surface area (Å²) in [7, 11) is 0. The van der Waals surface area contributed by atoms with Gasteiger partial charge >= 0.3 is 5.97 Å². The van der Waals surface area contributed by atoms with Gasteiger partial charge in [-0.15, -0.1) is 5.10 Å². The van der Waals surface area contributed by atoms with Gasteiger partial charge in [0.2, 0.25) is 23.6 Å². The third-order valence-electron chi connectivity index (χ3n) is 13.2. The van der Waals surface area contributed by atoms with E-state index in [-0.39, 0.29) is 61.2 Å². The molecule has 2 heterocycles. The molecule has 4 rings (SSSR count). The van der Waals surface area contributed by atoms with E-state index in [9.17, 15) is 33.6 Å². The highest BCUT2D eigenvalue weighted by Crippen LogP contribution is 2.30. The fourth-order valence-corrected chi connectivity index (χ4v) is 7.96. The van der Waals surface area contributed by atoms with Crippen LogP contribution < -0.4 is 27.0 Å². The average molecular weight is 994 g/mol. The first-order chi connectivity index (χ1) is 33.7. The van der Waals surface area contributed by atoms with E-state index in [1.807, 2.05) is 20.8 Å². The number of hydrogen-bond donors (Lipinski definition) is 5. The lowest BCUT2D eigenvalue weighted by molar-refractivity contribution is -0.154. The average Bonchev–Trinajstić information content (AvgIpc) is 3.93. The molecular weight excluding hydrogens is 915 g/mol. The Labute approximate surface area is 418 Å². The maximum absolute atomic E-state index is 13.2. The van der Waals surface area contributed by atoms with E-state index in [4.69, 9.17) is 24.7 Å². The number of unbranched alkanes of at least 4 members (excludes halogenated alkanes) is 1. The zero-order valence-electron chi connectivity index (χ0n) is 43.0. The number of rotatable bonds is 31. The minimum atomic E-state index is -0.853. The maximum Gasteiger partial charge on any atom is 0.311 e. The summed E-state index contributed by atoms with van der Waals surface area (Å²) in [5.41, 5.74) is 6.00. The first-order valence-electron chi connectivity index (χ1n) is 25.1. The van der Waals surface area contributed by atoms with Crippen LogP contribution in [0.2, 0.25) is 0 Å². The molecule has 1 aliphatic heterocycles. The van der Waals surface area contributed by atoms with E-state index in [0.717, 1.165) is 24.8 Å². The Hall–Kier alpha value is -5.57. The minimum absolute atomic E-state index is 0.0317. The first kappa shape index (κ1) is 58.0. The fourth-order valence-electron chi connectivity index (χ4n) is 7.96. The summed E-state index contributed by atoms with van der Waals surface area (Å²) >= 11 is 0. The second kappa shape index (κ2) is 28.5. The molecule has 3 unspecified atom stereocenters. The molecule has 0 spiro atoms. The van der Waals surface area contributed by atoms with Crippen LogP contribution in [-0.4, -0.2) is 125 Å². The van der Waals surface area contributed by atoms with Crippen molar-refractivity contribution in [3.63, 3.8) is 0 Å². The van der Waals surface area contributed by atoms with Crippen molar-refractivity contribution in [1.82, 2.24) is 35.8 Å². The summed E-state index contributed by atoms with van der Waals surface area (Å²) in [6.45, 7) is 15.6. The summed E-state index contributed by atoms with van der Waals surface area (Å²) in [5, 5.41) is 19.8. The van der Waals surface area contributed by atoms with Crippen molar-refractivity contribution in [3.8, 4) is 0 Å². The summed E-state index contributed by atoms with van der Waals surface area (Å²) < 4.78 is 25.2. The van der Waals surface area contributed by atoms with Gasteiger partial charge in [0.05, 0.1) is 49.1 Å². The molecule has 1 fully saturated rings. The molecule has 2 aromatic rings. The molecule has 0 radical (unpaired) electrons. The first-order valence-corrected chi connectivity index (χ1v) is 25.1. The Morgan fingerprint density at radius 3 is 2.13 bits per heavy atom. The number of aromatic nitrogens is 3. The summed E-state index contributed by atoms with van der Waals surface area (Å²) in [4.78, 5) is 88.8. The lowest BCUT2D eigenvalue weighted by atomic mass is 9.81. The highest BCUT2D eigenvalue weighted by molar-refractivity contribution is 6.12. The van der Waals surface area contributed by atoms with Crippen LogP contribution in [0.15, 0.2) is 42.6 Å². The number of nitrogens with two attached hydrogens (primary N) is 1. The van der Waals surface area contributed by atoms with Crippen molar-refractivity contribution in [2.75, 3.05) is 51.4 Å². The van der Waals surface area contributed by atoms with Crippen molar-refractivity contribution in [2.24, 2.45) is 23.0 Å². The number of carbonyl (C=O) groups is 7. The van der Waals surface area contributed by atoms with Crippen LogP contribution in [0.5, 0.6) is 0 Å². The van der Waals surface area contributed by atoms with Crippen molar-refractivity contribution >= 4 is 47.1 Å². The predicted molar refractivity (Wildman–Crippen MR) is 265 cm³/mol. The van der Waals surface area contributed by atoms with E-state index in [1.165, 1.54) is 17.1 Å². The van der Waals surface area contributed by atoms with Crippen LogP contribution >= 0.6 is 0 Å². The third-order valence-corrected chi connectivity index (χ3v) is 13.2. The van der Waals surface area contributed by atoms with Gasteiger partial charge in [-0.2, -0.15) is 0 Å². The number of anilines is 1. The van der Waals surface area contributed by atoms with Crippen LogP contribution in [0.1, 0.15) is 130 Å². The van der Waals surface area contributed by atoms with Gasteiger partial charge in [0, 0.05) is 36.8 Å². The predicted octanol–water partition coefficient (Wildman–Crippen LogP) is 4.25. The van der Waals surface area contributed by atoms with Gasteiger partial charge in [0.15, 0.2) is 0 Å². The third kappa shape index (κ3) is 20.2. The van der Waals surface area contributed by atoms with Crippen LogP contribution in [0.25, 0.3) is 0 Å². The Bertz CT molecular complexity index is 2080. The highest BCUT2D eigenvalue weighted by Gasteiger charge is 2.32. The van der Waals surface area contributed by atoms with Gasteiger partial charge in [0.1, 0.15) is 31.6 Å². The van der Waals surface area contributed by atoms with Gasteiger partial charge in [-0.25, -0.2) is 4.68 Å². The molecule has 1 aromatic heterocycles. The zero-order valence-corrected chi connectivity index (χ0v) is 43.0. The zero-order chi connectivity index (χ0) is 52.0. The van der Waals surface area contributed by atoms with Crippen LogP contribution in [0.4, 0.5) is 5.69 Å². The number of amides is 6. The number of imide groups is 1. The quantitative estimate of drug-likeness (QED) is 0.0402. The summed E-state index contributed by atoms with van der Waals surface area (Å²) in [5.74, 6) is -2.14. The van der Waals surface area contributed by atoms with Crippen molar-refractivity contribution in [3.05, 3.63) is 53.9 Å². The molecule has 6 amide bonds. The lowest BCUT2D eigenvalue weighted by Gasteiger charge is -2.33. The number of nitrogens with zero attached hydrogens (tertiary/aromatic N) is 4. The molecule has 3 atom stereocenters. The SMILES string of the molecule is CCC(C)(CCNC(=O)COCC(=O)NC(CCCCN)C(=O)Nc1ccc(COC(=O)C(C)(C)C)cc1)OCCC(C)(CC)OCCn1cc(CNC(=O)C2CCC(CN3C(=O)C=CC3=O)CC2)nn1. The monoisotopic (exact) mass is 994 g/mol. The fraction of sp³-hybridized carbons (Fsp3) is 0.667. The van der Waals surface area contributed by atoms with Crippen molar-refractivity contribution in [1.29, 1.82) is 0 Å². The molecule has 2 aliphatic rings. The van der Waals surface area contributed by atoms with Gasteiger partial charge in [-0.3, -0.25) is 38.5 Å². The number of nitrogens with one attached hydrogen (secondary N) is 4. The Morgan fingerprint density at radius 1 is 0.831 bits per heavy atom. The number of esters is 1. The van der Waals surface area contributed by atoms with E-state index in [0.29, 0.717) is 102 Å². The molecule has 6 N–H and O–H groups in total. The molecule has 0 saturated heterocycles. The highest BCUT2D eigenvalue weighted by atomic mass is 16.5. The second-order valence-electron chi connectivity index (χ2n) is 20.1. The number of benzene rings is 1.